The van der Waals surface area contributed by atoms with Crippen molar-refractivity contribution in [3.8, 4) is 0 Å². The number of hydrogen-bond acceptors (Lipinski definition) is 6. The van der Waals surface area contributed by atoms with Crippen LogP contribution in [0.25, 0.3) is 0 Å². The Morgan fingerprint density at radius 2 is 2.14 bits per heavy atom. The van der Waals surface area contributed by atoms with Crippen LogP contribution >= 0.6 is 11.3 Å². The van der Waals surface area contributed by atoms with Crippen LogP contribution < -0.4 is 4.90 Å². The van der Waals surface area contributed by atoms with E-state index in [0.717, 1.165) is 32.6 Å². The van der Waals surface area contributed by atoms with Gasteiger partial charge in [-0.1, -0.05) is 0 Å². The predicted molar refractivity (Wildman–Crippen MR) is 83.0 cm³/mol. The van der Waals surface area contributed by atoms with Crippen molar-refractivity contribution in [2.24, 2.45) is 0 Å². The smallest absolute Gasteiger partial charge is 0.304 e. The Balaban J connectivity index is 1.78. The Morgan fingerprint density at radius 1 is 1.43 bits per heavy atom. The van der Waals surface area contributed by atoms with Crippen LogP contribution in [0, 0.1) is 10.1 Å². The fourth-order valence-corrected chi connectivity index (χ4v) is 4.38. The van der Waals surface area contributed by atoms with Crippen molar-refractivity contribution in [2.75, 3.05) is 31.1 Å². The van der Waals surface area contributed by atoms with Crippen LogP contribution in [-0.4, -0.2) is 47.2 Å². The highest BCUT2D eigenvalue weighted by Gasteiger charge is 2.33. The summed E-state index contributed by atoms with van der Waals surface area (Å²) in [6.07, 6.45) is 2.95. The lowest BCUT2D eigenvalue weighted by atomic mass is 10.2. The molecule has 0 aliphatic carbocycles. The average Bonchev–Trinajstić information content (AvgIpc) is 3.17. The third-order valence-corrected chi connectivity index (χ3v) is 5.78. The molecule has 1 aromatic rings. The molecule has 0 amide bonds. The first-order valence-electron chi connectivity index (χ1n) is 7.51. The summed E-state index contributed by atoms with van der Waals surface area (Å²) >= 11 is 1.35. The molecule has 0 radical (unpaired) electrons. The first-order chi connectivity index (χ1) is 10.1. The minimum Gasteiger partial charge on any atom is -0.388 e. The molecule has 2 aliphatic rings. The maximum absolute atomic E-state index is 11.2. The number of thiophene rings is 1. The van der Waals surface area contributed by atoms with Crippen molar-refractivity contribution in [3.05, 3.63) is 21.1 Å². The summed E-state index contributed by atoms with van der Waals surface area (Å²) in [5, 5.41) is 21.6. The minimum absolute atomic E-state index is 0.137. The zero-order chi connectivity index (χ0) is 15.0. The maximum Gasteiger partial charge on any atom is 0.304 e. The van der Waals surface area contributed by atoms with Crippen molar-refractivity contribution >= 4 is 22.0 Å². The topological polar surface area (TPSA) is 69.8 Å². The van der Waals surface area contributed by atoms with Crippen molar-refractivity contribution in [1.29, 1.82) is 0 Å². The summed E-state index contributed by atoms with van der Waals surface area (Å²) in [4.78, 5) is 16.2. The van der Waals surface area contributed by atoms with Gasteiger partial charge in [-0.3, -0.25) is 15.0 Å². The summed E-state index contributed by atoms with van der Waals surface area (Å²) in [7, 11) is 0. The molecule has 3 heterocycles. The van der Waals surface area contributed by atoms with E-state index < -0.39 is 6.10 Å². The maximum atomic E-state index is 11.2. The number of rotatable bonds is 4. The molecule has 2 aliphatic heterocycles. The summed E-state index contributed by atoms with van der Waals surface area (Å²) in [5.74, 6) is 0. The molecule has 7 heteroatoms. The highest BCUT2D eigenvalue weighted by atomic mass is 32.1. The molecule has 2 atom stereocenters. The van der Waals surface area contributed by atoms with Gasteiger partial charge in [0.15, 0.2) is 5.00 Å². The van der Waals surface area contributed by atoms with Crippen LogP contribution in [-0.2, 0) is 0 Å². The molecule has 3 rings (SSSR count). The first kappa shape index (κ1) is 14.7. The summed E-state index contributed by atoms with van der Waals surface area (Å²) in [6.45, 7) is 5.69. The molecule has 1 N–H and O–H groups in total. The van der Waals surface area contributed by atoms with E-state index in [9.17, 15) is 15.2 Å². The lowest BCUT2D eigenvalue weighted by Crippen LogP contribution is -2.35. The number of nitro groups is 1. The minimum atomic E-state index is -0.653. The van der Waals surface area contributed by atoms with E-state index in [4.69, 9.17) is 0 Å². The van der Waals surface area contributed by atoms with Gasteiger partial charge in [-0.05, 0) is 39.3 Å². The van der Waals surface area contributed by atoms with Crippen LogP contribution in [0.2, 0.25) is 0 Å². The van der Waals surface area contributed by atoms with Crippen molar-refractivity contribution in [3.63, 3.8) is 0 Å². The predicted octanol–water partition coefficient (Wildman–Crippen LogP) is 2.38. The molecule has 0 spiro atoms. The van der Waals surface area contributed by atoms with E-state index in [1.165, 1.54) is 30.2 Å². The highest BCUT2D eigenvalue weighted by Crippen LogP contribution is 2.41. The number of anilines is 1. The van der Waals surface area contributed by atoms with Gasteiger partial charge in [0.25, 0.3) is 0 Å². The molecule has 1 aromatic heterocycles. The molecular weight excluding hydrogens is 290 g/mol. The molecule has 21 heavy (non-hydrogen) atoms. The monoisotopic (exact) mass is 311 g/mol. The Bertz CT molecular complexity index is 526. The van der Waals surface area contributed by atoms with Gasteiger partial charge in [0.2, 0.25) is 0 Å². The van der Waals surface area contributed by atoms with Gasteiger partial charge in [0.05, 0.1) is 11.0 Å². The van der Waals surface area contributed by atoms with Crippen LogP contribution in [0.15, 0.2) is 6.07 Å². The van der Waals surface area contributed by atoms with E-state index in [2.05, 4.69) is 9.80 Å². The Labute approximate surface area is 128 Å². The zero-order valence-electron chi connectivity index (χ0n) is 12.2. The second-order valence-corrected chi connectivity index (χ2v) is 6.97. The third-order valence-electron chi connectivity index (χ3n) is 4.43. The highest BCUT2D eigenvalue weighted by molar-refractivity contribution is 7.16. The number of nitrogens with zero attached hydrogens (tertiary/aromatic N) is 3. The number of aliphatic hydroxyl groups excluding tert-OH is 1. The van der Waals surface area contributed by atoms with Crippen LogP contribution in [0.3, 0.4) is 0 Å². The molecule has 1 unspecified atom stereocenters. The van der Waals surface area contributed by atoms with E-state index in [1.54, 1.807) is 6.92 Å². The standard InChI is InChI=1S/C14H21N3O3S/c1-10(18)13-8-12(17(19)20)14(21-13)16-7-4-11(9-16)15-5-2-3-6-15/h8,10-11,18H,2-7,9H2,1H3/t10-,11?/m1/s1. The number of likely N-dealkylation sites (tertiary alicyclic amines) is 1. The van der Waals surface area contributed by atoms with Gasteiger partial charge in [-0.2, -0.15) is 0 Å². The Kier molecular flexibility index (Phi) is 4.14. The molecule has 0 saturated carbocycles. The summed E-state index contributed by atoms with van der Waals surface area (Å²) in [6, 6.07) is 2.04. The van der Waals surface area contributed by atoms with E-state index in [0.29, 0.717) is 15.9 Å². The second kappa shape index (κ2) is 5.90. The summed E-state index contributed by atoms with van der Waals surface area (Å²) in [5.41, 5.74) is 0.137. The molecular formula is C14H21N3O3S. The van der Waals surface area contributed by atoms with Gasteiger partial charge in [0.1, 0.15) is 0 Å². The second-order valence-electron chi connectivity index (χ2n) is 5.90. The van der Waals surface area contributed by atoms with Crippen molar-refractivity contribution in [2.45, 2.75) is 38.3 Å². The van der Waals surface area contributed by atoms with Gasteiger partial charge in [-0.25, -0.2) is 0 Å². The van der Waals surface area contributed by atoms with Crippen LogP contribution in [0.5, 0.6) is 0 Å². The normalized spacial score (nSPS) is 24.7. The fourth-order valence-electron chi connectivity index (χ4n) is 3.28. The van der Waals surface area contributed by atoms with Crippen molar-refractivity contribution < 1.29 is 10.0 Å². The lowest BCUT2D eigenvalue weighted by molar-refractivity contribution is -0.383. The number of hydrogen-bond donors (Lipinski definition) is 1. The molecule has 0 bridgehead atoms. The van der Waals surface area contributed by atoms with Crippen molar-refractivity contribution in [1.82, 2.24) is 4.90 Å². The van der Waals surface area contributed by atoms with E-state index in [1.807, 2.05) is 0 Å². The lowest BCUT2D eigenvalue weighted by Gasteiger charge is -2.23. The quantitative estimate of drug-likeness (QED) is 0.683. The number of aliphatic hydroxyl groups is 1. The SMILES string of the molecule is C[C@@H](O)c1cc([N+](=O)[O-])c(N2CCC(N3CCCC3)C2)s1. The zero-order valence-corrected chi connectivity index (χ0v) is 13.0. The van der Waals surface area contributed by atoms with Gasteiger partial charge >= 0.3 is 5.69 Å². The fraction of sp³-hybridized carbons (Fsp3) is 0.714. The van der Waals surface area contributed by atoms with E-state index >= 15 is 0 Å². The van der Waals surface area contributed by atoms with Crippen LogP contribution in [0.4, 0.5) is 10.7 Å². The molecule has 116 valence electrons. The summed E-state index contributed by atoms with van der Waals surface area (Å²) < 4.78 is 0. The Morgan fingerprint density at radius 3 is 2.76 bits per heavy atom. The first-order valence-corrected chi connectivity index (χ1v) is 8.33. The molecule has 2 fully saturated rings. The largest absolute Gasteiger partial charge is 0.388 e. The molecule has 0 aromatic carbocycles. The Hall–Kier alpha value is -1.18. The van der Waals surface area contributed by atoms with Gasteiger partial charge in [0, 0.05) is 30.1 Å². The molecule has 2 saturated heterocycles. The van der Waals surface area contributed by atoms with Crippen LogP contribution in [0.1, 0.15) is 37.2 Å². The van der Waals surface area contributed by atoms with Gasteiger partial charge < -0.3 is 10.0 Å². The van der Waals surface area contributed by atoms with Gasteiger partial charge in [-0.15, -0.1) is 11.3 Å². The molecule has 6 nitrogen and oxygen atoms in total. The third kappa shape index (κ3) is 2.90. The van der Waals surface area contributed by atoms with E-state index in [-0.39, 0.29) is 10.6 Å². The average molecular weight is 311 g/mol.